The van der Waals surface area contributed by atoms with Crippen LogP contribution in [-0.2, 0) is 23.9 Å². The zero-order valence-electron chi connectivity index (χ0n) is 20.4. The fourth-order valence-electron chi connectivity index (χ4n) is 4.21. The molecule has 0 bridgehead atoms. The topological polar surface area (TPSA) is 116 Å². The molecule has 1 heterocycles. The van der Waals surface area contributed by atoms with E-state index in [2.05, 4.69) is 0 Å². The number of nitrogens with zero attached hydrogens (tertiary/aromatic N) is 1. The first-order valence-corrected chi connectivity index (χ1v) is 11.4. The minimum atomic E-state index is -4.59. The molecule has 1 atom stereocenters. The molecule has 2 aromatic carbocycles. The number of rotatable bonds is 11. The first-order valence-electron chi connectivity index (χ1n) is 11.4. The van der Waals surface area contributed by atoms with Crippen molar-refractivity contribution in [2.45, 2.75) is 38.0 Å². The highest BCUT2D eigenvalue weighted by atomic mass is 19.4. The van der Waals surface area contributed by atoms with E-state index in [1.165, 1.54) is 48.5 Å². The molecule has 0 saturated carbocycles. The average Bonchev–Trinajstić information content (AvgIpc) is 3.15. The lowest BCUT2D eigenvalue weighted by atomic mass is 9.76. The summed E-state index contributed by atoms with van der Waals surface area (Å²) in [6.45, 7) is 0. The number of alkyl halides is 3. The van der Waals surface area contributed by atoms with Gasteiger partial charge in [0.25, 0.3) is 11.8 Å². The fourth-order valence-corrected chi connectivity index (χ4v) is 4.21. The largest absolute Gasteiger partial charge is 0.468 e. The number of carbonyl (C=O) groups excluding carboxylic acids is 5. The zero-order valence-corrected chi connectivity index (χ0v) is 20.4. The number of methoxy groups -OCH3 is 2. The van der Waals surface area contributed by atoms with E-state index >= 15 is 0 Å². The number of halogens is 3. The number of hydrogen-bond acceptors (Lipinski definition) is 8. The molecule has 202 valence electrons. The molecule has 0 fully saturated rings. The molecular weight excluding hydrogens is 511 g/mol. The van der Waals surface area contributed by atoms with Crippen LogP contribution in [0.15, 0.2) is 54.6 Å². The van der Waals surface area contributed by atoms with Crippen molar-refractivity contribution in [2.24, 2.45) is 5.41 Å². The van der Waals surface area contributed by atoms with Gasteiger partial charge in [-0.3, -0.25) is 28.8 Å². The van der Waals surface area contributed by atoms with E-state index in [1.54, 1.807) is 6.07 Å². The molecule has 0 N–H and O–H groups in total. The quantitative estimate of drug-likeness (QED) is 0.184. The molecule has 2 aromatic rings. The van der Waals surface area contributed by atoms with Gasteiger partial charge in [0.05, 0.1) is 25.3 Å². The van der Waals surface area contributed by atoms with E-state index in [0.717, 1.165) is 14.2 Å². The third kappa shape index (κ3) is 5.91. The van der Waals surface area contributed by atoms with Crippen LogP contribution < -0.4 is 0 Å². The Morgan fingerprint density at radius 2 is 1.32 bits per heavy atom. The van der Waals surface area contributed by atoms with E-state index in [-0.39, 0.29) is 16.7 Å². The standard InChI is InChI=1S/C26H24F3NO8/c1-36-23(34)25(24(35)37-2,13-8-14-26(27,28)29)15-19(20(31)16-9-4-3-5-10-16)38-30-21(32)17-11-6-7-12-18(17)22(30)33/h3-7,9-12,19H,8,13-15H2,1-2H3. The molecule has 0 aromatic heterocycles. The summed E-state index contributed by atoms with van der Waals surface area (Å²) in [7, 11) is 1.84. The molecular formula is C26H24F3NO8. The maximum absolute atomic E-state index is 13.5. The molecule has 12 heteroatoms. The van der Waals surface area contributed by atoms with Gasteiger partial charge in [0.2, 0.25) is 0 Å². The Morgan fingerprint density at radius 3 is 1.79 bits per heavy atom. The lowest BCUT2D eigenvalue weighted by Crippen LogP contribution is -2.48. The first-order chi connectivity index (χ1) is 17.9. The lowest BCUT2D eigenvalue weighted by Gasteiger charge is -2.32. The number of amides is 2. The second-order valence-electron chi connectivity index (χ2n) is 8.51. The molecule has 38 heavy (non-hydrogen) atoms. The van der Waals surface area contributed by atoms with E-state index in [4.69, 9.17) is 14.3 Å². The summed E-state index contributed by atoms with van der Waals surface area (Å²) in [4.78, 5) is 70.7. The molecule has 0 aliphatic carbocycles. The van der Waals surface area contributed by atoms with Gasteiger partial charge in [0.15, 0.2) is 17.3 Å². The Morgan fingerprint density at radius 1 is 0.816 bits per heavy atom. The number of Topliss-reactive ketones (excluding diaryl/α,β-unsaturated/α-hetero) is 1. The number of fused-ring (bicyclic) bond motifs is 1. The van der Waals surface area contributed by atoms with Crippen LogP contribution in [0.1, 0.15) is 56.8 Å². The van der Waals surface area contributed by atoms with E-state index in [0.29, 0.717) is 5.06 Å². The van der Waals surface area contributed by atoms with Gasteiger partial charge in [0, 0.05) is 18.4 Å². The summed E-state index contributed by atoms with van der Waals surface area (Å²) < 4.78 is 48.2. The minimum Gasteiger partial charge on any atom is -0.468 e. The van der Waals surface area contributed by atoms with Gasteiger partial charge in [-0.15, -0.1) is 5.06 Å². The van der Waals surface area contributed by atoms with Crippen molar-refractivity contribution < 1.29 is 51.5 Å². The third-order valence-corrected chi connectivity index (χ3v) is 6.09. The number of imide groups is 1. The predicted octanol–water partition coefficient (Wildman–Crippen LogP) is 3.92. The normalized spacial score (nSPS) is 14.2. The summed E-state index contributed by atoms with van der Waals surface area (Å²) in [5.41, 5.74) is -2.38. The number of ether oxygens (including phenoxy) is 2. The van der Waals surface area contributed by atoms with Gasteiger partial charge in [-0.1, -0.05) is 42.5 Å². The van der Waals surface area contributed by atoms with Crippen molar-refractivity contribution in [3.63, 3.8) is 0 Å². The number of ketones is 1. The van der Waals surface area contributed by atoms with Gasteiger partial charge in [0.1, 0.15) is 0 Å². The number of carbonyl (C=O) groups is 5. The van der Waals surface area contributed by atoms with Crippen LogP contribution in [0.4, 0.5) is 13.2 Å². The molecule has 1 aliphatic heterocycles. The summed E-state index contributed by atoms with van der Waals surface area (Å²) in [5, 5.41) is 0.338. The SMILES string of the molecule is COC(=O)C(CCCC(F)(F)F)(CC(ON1C(=O)c2ccccc2C1=O)C(=O)c1ccccc1)C(=O)OC. The molecule has 0 radical (unpaired) electrons. The molecule has 9 nitrogen and oxygen atoms in total. The van der Waals surface area contributed by atoms with Crippen molar-refractivity contribution in [1.29, 1.82) is 0 Å². The Hall–Kier alpha value is -4.06. The predicted molar refractivity (Wildman–Crippen MR) is 124 cm³/mol. The zero-order chi connectivity index (χ0) is 28.1. The summed E-state index contributed by atoms with van der Waals surface area (Å²) >= 11 is 0. The number of hydroxylamine groups is 2. The second kappa shape index (κ2) is 11.5. The lowest BCUT2D eigenvalue weighted by molar-refractivity contribution is -0.179. The highest BCUT2D eigenvalue weighted by Crippen LogP contribution is 2.38. The van der Waals surface area contributed by atoms with Crippen molar-refractivity contribution in [3.05, 3.63) is 71.3 Å². The maximum Gasteiger partial charge on any atom is 0.389 e. The van der Waals surface area contributed by atoms with E-state index < -0.39 is 72.9 Å². The fraction of sp³-hybridized carbons (Fsp3) is 0.346. The highest BCUT2D eigenvalue weighted by molar-refractivity contribution is 6.20. The summed E-state index contributed by atoms with van der Waals surface area (Å²) in [6.07, 6.45) is -10.0. The van der Waals surface area contributed by atoms with Crippen LogP contribution in [0.5, 0.6) is 0 Å². The maximum atomic E-state index is 13.5. The Labute approximate surface area is 215 Å². The van der Waals surface area contributed by atoms with Crippen LogP contribution in [0.3, 0.4) is 0 Å². The van der Waals surface area contributed by atoms with E-state index in [1.807, 2.05) is 0 Å². The Kier molecular flexibility index (Phi) is 8.67. The molecule has 0 spiro atoms. The van der Waals surface area contributed by atoms with E-state index in [9.17, 15) is 37.1 Å². The number of benzene rings is 2. The van der Waals surface area contributed by atoms with Crippen molar-refractivity contribution in [2.75, 3.05) is 14.2 Å². The molecule has 2 amide bonds. The number of esters is 2. The Bertz CT molecular complexity index is 1180. The van der Waals surface area contributed by atoms with Crippen molar-refractivity contribution >= 4 is 29.5 Å². The first kappa shape index (κ1) is 28.5. The summed E-state index contributed by atoms with van der Waals surface area (Å²) in [5.74, 6) is -5.15. The molecule has 1 unspecified atom stereocenters. The van der Waals surface area contributed by atoms with Crippen LogP contribution in [0.25, 0.3) is 0 Å². The molecule has 3 rings (SSSR count). The van der Waals surface area contributed by atoms with Gasteiger partial charge in [-0.05, 0) is 25.0 Å². The second-order valence-corrected chi connectivity index (χ2v) is 8.51. The average molecular weight is 535 g/mol. The third-order valence-electron chi connectivity index (χ3n) is 6.09. The van der Waals surface area contributed by atoms with Gasteiger partial charge in [-0.2, -0.15) is 13.2 Å². The van der Waals surface area contributed by atoms with Crippen LogP contribution >= 0.6 is 0 Å². The van der Waals surface area contributed by atoms with Gasteiger partial charge >= 0.3 is 18.1 Å². The van der Waals surface area contributed by atoms with Crippen LogP contribution in [-0.4, -0.2) is 61.1 Å². The van der Waals surface area contributed by atoms with Crippen molar-refractivity contribution in [3.8, 4) is 0 Å². The smallest absolute Gasteiger partial charge is 0.389 e. The molecule has 1 aliphatic rings. The Balaban J connectivity index is 2.04. The van der Waals surface area contributed by atoms with Crippen molar-refractivity contribution in [1.82, 2.24) is 5.06 Å². The van der Waals surface area contributed by atoms with Crippen LogP contribution in [0, 0.1) is 5.41 Å². The summed E-state index contributed by atoms with van der Waals surface area (Å²) in [6, 6.07) is 13.2. The number of hydrogen-bond donors (Lipinski definition) is 0. The van der Waals surface area contributed by atoms with Gasteiger partial charge < -0.3 is 9.47 Å². The molecule has 0 saturated heterocycles. The van der Waals surface area contributed by atoms with Crippen LogP contribution in [0.2, 0.25) is 0 Å². The van der Waals surface area contributed by atoms with Gasteiger partial charge in [-0.25, -0.2) is 0 Å². The highest BCUT2D eigenvalue weighted by Gasteiger charge is 2.52. The minimum absolute atomic E-state index is 0.000728. The monoisotopic (exact) mass is 535 g/mol.